The summed E-state index contributed by atoms with van der Waals surface area (Å²) in [4.78, 5) is 9.76. The number of hydrogen-bond donors (Lipinski definition) is 2. The van der Waals surface area contributed by atoms with Gasteiger partial charge in [0.2, 0.25) is 0 Å². The SMILES string of the molecule is CN=C(NCCc1c[nH]c2ccc(Cl)cc12)N(C)CCOCC1CC1.I. The molecule has 26 heavy (non-hydrogen) atoms. The number of fused-ring (bicyclic) bond motifs is 1. The lowest BCUT2D eigenvalue weighted by atomic mass is 10.1. The standard InChI is InChI=1S/C19H27ClN4O.HI/c1-21-19(24(2)9-10-25-13-14-3-4-14)22-8-7-15-12-23-18-6-5-16(20)11-17(15)18;/h5-6,11-12,14,23H,3-4,7-10,13H2,1-2H3,(H,21,22);1H. The topological polar surface area (TPSA) is 52.7 Å². The zero-order valence-electron chi connectivity index (χ0n) is 15.4. The van der Waals surface area contributed by atoms with Gasteiger partial charge in [-0.1, -0.05) is 11.6 Å². The van der Waals surface area contributed by atoms with E-state index in [1.54, 1.807) is 0 Å². The van der Waals surface area contributed by atoms with Crippen LogP contribution in [0.5, 0.6) is 0 Å². The highest BCUT2D eigenvalue weighted by Gasteiger charge is 2.21. The Balaban J connectivity index is 0.00000243. The number of likely N-dealkylation sites (N-methyl/N-ethyl adjacent to an activating group) is 1. The third-order valence-corrected chi connectivity index (χ3v) is 4.84. The molecule has 0 unspecified atom stereocenters. The largest absolute Gasteiger partial charge is 0.379 e. The summed E-state index contributed by atoms with van der Waals surface area (Å²) in [5, 5.41) is 5.38. The van der Waals surface area contributed by atoms with Gasteiger partial charge in [-0.3, -0.25) is 4.99 Å². The summed E-state index contributed by atoms with van der Waals surface area (Å²) in [6.45, 7) is 3.31. The zero-order chi connectivity index (χ0) is 17.6. The number of rotatable bonds is 8. The Morgan fingerprint density at radius 2 is 2.23 bits per heavy atom. The van der Waals surface area contributed by atoms with Gasteiger partial charge in [-0.15, -0.1) is 24.0 Å². The van der Waals surface area contributed by atoms with Gasteiger partial charge in [0, 0.05) is 55.9 Å². The summed E-state index contributed by atoms with van der Waals surface area (Å²) in [7, 11) is 3.86. The van der Waals surface area contributed by atoms with Crippen LogP contribution in [-0.4, -0.2) is 56.2 Å². The highest BCUT2D eigenvalue weighted by molar-refractivity contribution is 14.0. The molecular formula is C19H28ClIN4O. The number of hydrogen-bond acceptors (Lipinski definition) is 2. The molecule has 0 atom stereocenters. The van der Waals surface area contributed by atoms with E-state index in [2.05, 4.69) is 26.4 Å². The van der Waals surface area contributed by atoms with Crippen LogP contribution in [0.15, 0.2) is 29.4 Å². The number of aromatic amines is 1. The molecule has 0 saturated heterocycles. The summed E-state index contributed by atoms with van der Waals surface area (Å²) < 4.78 is 5.70. The first-order valence-corrected chi connectivity index (χ1v) is 9.30. The fourth-order valence-electron chi connectivity index (χ4n) is 2.89. The molecule has 2 aromatic rings. The molecule has 0 amide bonds. The first-order chi connectivity index (χ1) is 12.2. The van der Waals surface area contributed by atoms with Gasteiger partial charge in [0.05, 0.1) is 6.61 Å². The smallest absolute Gasteiger partial charge is 0.193 e. The molecule has 1 saturated carbocycles. The van der Waals surface area contributed by atoms with Crippen molar-refractivity contribution in [3.8, 4) is 0 Å². The van der Waals surface area contributed by atoms with Gasteiger partial charge in [-0.05, 0) is 48.9 Å². The average Bonchev–Trinajstić information content (AvgIpc) is 3.36. The quantitative estimate of drug-likeness (QED) is 0.255. The Kier molecular flexibility index (Phi) is 8.50. The summed E-state index contributed by atoms with van der Waals surface area (Å²) in [6, 6.07) is 5.94. The average molecular weight is 491 g/mol. The van der Waals surface area contributed by atoms with E-state index in [4.69, 9.17) is 16.3 Å². The highest BCUT2D eigenvalue weighted by atomic mass is 127. The van der Waals surface area contributed by atoms with Gasteiger partial charge < -0.3 is 19.9 Å². The molecule has 5 nitrogen and oxygen atoms in total. The highest BCUT2D eigenvalue weighted by Crippen LogP contribution is 2.28. The number of halogens is 2. The van der Waals surface area contributed by atoms with Crippen molar-refractivity contribution in [1.29, 1.82) is 0 Å². The van der Waals surface area contributed by atoms with Gasteiger partial charge >= 0.3 is 0 Å². The number of H-pyrrole nitrogens is 1. The molecule has 1 heterocycles. The molecule has 1 aliphatic rings. The predicted molar refractivity (Wildman–Crippen MR) is 120 cm³/mol. The minimum absolute atomic E-state index is 0. The second-order valence-corrected chi connectivity index (χ2v) is 7.10. The van der Waals surface area contributed by atoms with Crippen molar-refractivity contribution >= 4 is 52.4 Å². The number of nitrogens with one attached hydrogen (secondary N) is 2. The van der Waals surface area contributed by atoms with Crippen LogP contribution in [-0.2, 0) is 11.2 Å². The van der Waals surface area contributed by atoms with Crippen molar-refractivity contribution in [1.82, 2.24) is 15.2 Å². The van der Waals surface area contributed by atoms with Crippen LogP contribution in [0.25, 0.3) is 10.9 Å². The molecule has 0 bridgehead atoms. The molecule has 0 aliphatic heterocycles. The molecule has 1 aromatic carbocycles. The normalized spacial score (nSPS) is 14.3. The van der Waals surface area contributed by atoms with E-state index in [1.807, 2.05) is 32.3 Å². The minimum atomic E-state index is 0. The van der Waals surface area contributed by atoms with Gasteiger partial charge in [0.25, 0.3) is 0 Å². The van der Waals surface area contributed by atoms with Crippen LogP contribution in [0, 0.1) is 5.92 Å². The first-order valence-electron chi connectivity index (χ1n) is 8.92. The zero-order valence-corrected chi connectivity index (χ0v) is 18.5. The van der Waals surface area contributed by atoms with Crippen molar-refractivity contribution in [2.24, 2.45) is 10.9 Å². The molecule has 7 heteroatoms. The summed E-state index contributed by atoms with van der Waals surface area (Å²) >= 11 is 6.11. The van der Waals surface area contributed by atoms with Gasteiger partial charge in [-0.2, -0.15) is 0 Å². The number of nitrogens with zero attached hydrogens (tertiary/aromatic N) is 2. The maximum atomic E-state index is 6.11. The van der Waals surface area contributed by atoms with Crippen LogP contribution >= 0.6 is 35.6 Å². The van der Waals surface area contributed by atoms with E-state index in [0.29, 0.717) is 0 Å². The van der Waals surface area contributed by atoms with Crippen molar-refractivity contribution < 1.29 is 4.74 Å². The van der Waals surface area contributed by atoms with Gasteiger partial charge in [0.1, 0.15) is 0 Å². The first kappa shape index (κ1) is 21.3. The van der Waals surface area contributed by atoms with Crippen LogP contribution < -0.4 is 5.32 Å². The molecule has 0 spiro atoms. The van der Waals surface area contributed by atoms with E-state index in [9.17, 15) is 0 Å². The van der Waals surface area contributed by atoms with E-state index in [1.165, 1.54) is 23.8 Å². The van der Waals surface area contributed by atoms with Gasteiger partial charge in [-0.25, -0.2) is 0 Å². The monoisotopic (exact) mass is 490 g/mol. The molecule has 1 fully saturated rings. The summed E-state index contributed by atoms with van der Waals surface area (Å²) in [5.41, 5.74) is 2.38. The lowest BCUT2D eigenvalue weighted by Gasteiger charge is -2.22. The summed E-state index contributed by atoms with van der Waals surface area (Å²) in [5.74, 6) is 1.71. The predicted octanol–water partition coefficient (Wildman–Crippen LogP) is 3.92. The molecule has 2 N–H and O–H groups in total. The molecule has 0 radical (unpaired) electrons. The Morgan fingerprint density at radius 1 is 1.42 bits per heavy atom. The maximum absolute atomic E-state index is 6.11. The Morgan fingerprint density at radius 3 is 2.96 bits per heavy atom. The van der Waals surface area contributed by atoms with Crippen LogP contribution in [0.1, 0.15) is 18.4 Å². The Labute approximate surface area is 177 Å². The fraction of sp³-hybridized carbons (Fsp3) is 0.526. The number of benzene rings is 1. The second kappa shape index (κ2) is 10.4. The number of aliphatic imine (C=N–C) groups is 1. The van der Waals surface area contributed by atoms with Crippen LogP contribution in [0.3, 0.4) is 0 Å². The molecule has 1 aromatic heterocycles. The second-order valence-electron chi connectivity index (χ2n) is 6.67. The van der Waals surface area contributed by atoms with Gasteiger partial charge in [0.15, 0.2) is 5.96 Å². The van der Waals surface area contributed by atoms with Crippen LogP contribution in [0.2, 0.25) is 5.02 Å². The van der Waals surface area contributed by atoms with E-state index in [0.717, 1.165) is 55.1 Å². The third kappa shape index (κ3) is 6.03. The number of guanidine groups is 1. The van der Waals surface area contributed by atoms with Crippen molar-refractivity contribution in [3.63, 3.8) is 0 Å². The molecule has 3 rings (SSSR count). The Hall–Kier alpha value is -0.990. The summed E-state index contributed by atoms with van der Waals surface area (Å²) in [6.07, 6.45) is 5.63. The lowest BCUT2D eigenvalue weighted by molar-refractivity contribution is 0.115. The van der Waals surface area contributed by atoms with Crippen LogP contribution in [0.4, 0.5) is 0 Å². The fourth-order valence-corrected chi connectivity index (χ4v) is 3.07. The van der Waals surface area contributed by atoms with Crippen molar-refractivity contribution in [2.75, 3.05) is 40.4 Å². The van der Waals surface area contributed by atoms with Crippen molar-refractivity contribution in [2.45, 2.75) is 19.3 Å². The van der Waals surface area contributed by atoms with E-state index >= 15 is 0 Å². The van der Waals surface area contributed by atoms with E-state index < -0.39 is 0 Å². The maximum Gasteiger partial charge on any atom is 0.193 e. The molecular weight excluding hydrogens is 463 g/mol. The van der Waals surface area contributed by atoms with Crippen molar-refractivity contribution in [3.05, 3.63) is 35.0 Å². The third-order valence-electron chi connectivity index (χ3n) is 4.60. The molecule has 1 aliphatic carbocycles. The van der Waals surface area contributed by atoms with E-state index in [-0.39, 0.29) is 24.0 Å². The lowest BCUT2D eigenvalue weighted by Crippen LogP contribution is -2.41. The Bertz CT molecular complexity index is 729. The molecule has 144 valence electrons. The number of ether oxygens (including phenoxy) is 1. The minimum Gasteiger partial charge on any atom is -0.379 e. The number of aromatic nitrogens is 1.